The van der Waals surface area contributed by atoms with Crippen molar-refractivity contribution in [3.8, 4) is 0 Å². The van der Waals surface area contributed by atoms with Crippen LogP contribution in [0.5, 0.6) is 0 Å². The van der Waals surface area contributed by atoms with Gasteiger partial charge in [-0.25, -0.2) is 30.3 Å². The Morgan fingerprint density at radius 1 is 0.800 bits per heavy atom. The fourth-order valence-corrected chi connectivity index (χ4v) is 1.24. The fraction of sp³-hybridized carbons (Fsp3) is 0. The van der Waals surface area contributed by atoms with Gasteiger partial charge in [0.05, 0.1) is 4.92 Å². The standard InChI is InChI=1S/C6H4N6O8/c13-8(14)6-4-2-1-3-5(6)7(10(15)16)9(11(17)18)12(19)20/h1-4H. The monoisotopic (exact) mass is 288 g/mol. The summed E-state index contributed by atoms with van der Waals surface area (Å²) >= 11 is 0. The highest BCUT2D eigenvalue weighted by Gasteiger charge is 2.48. The first kappa shape index (κ1) is 14.5. The molecule has 0 bridgehead atoms. The van der Waals surface area contributed by atoms with Crippen LogP contribution in [-0.2, 0) is 0 Å². The van der Waals surface area contributed by atoms with Gasteiger partial charge in [-0.05, 0) is 6.07 Å². The summed E-state index contributed by atoms with van der Waals surface area (Å²) in [6.45, 7) is 0. The molecular weight excluding hydrogens is 284 g/mol. The number of hydrazine groups is 4. The molecule has 106 valence electrons. The van der Waals surface area contributed by atoms with Crippen LogP contribution in [0.2, 0.25) is 0 Å². The average Bonchev–Trinajstić information content (AvgIpc) is 2.34. The van der Waals surface area contributed by atoms with Crippen LogP contribution in [0.25, 0.3) is 0 Å². The Hall–Kier alpha value is -3.58. The molecule has 0 saturated heterocycles. The van der Waals surface area contributed by atoms with Gasteiger partial charge in [-0.2, -0.15) is 0 Å². The van der Waals surface area contributed by atoms with Crippen molar-refractivity contribution in [2.24, 2.45) is 0 Å². The number of nitrogens with zero attached hydrogens (tertiary/aromatic N) is 6. The van der Waals surface area contributed by atoms with E-state index in [1.165, 1.54) is 0 Å². The van der Waals surface area contributed by atoms with Crippen LogP contribution in [0, 0.1) is 40.5 Å². The summed E-state index contributed by atoms with van der Waals surface area (Å²) in [6.07, 6.45) is 0. The van der Waals surface area contributed by atoms with Gasteiger partial charge in [0.1, 0.15) is 5.12 Å². The number of hydrogen-bond donors (Lipinski definition) is 0. The number of para-hydroxylation sites is 2. The number of rotatable bonds is 6. The molecule has 1 aromatic rings. The van der Waals surface area contributed by atoms with Crippen molar-refractivity contribution in [1.29, 1.82) is 0 Å². The van der Waals surface area contributed by atoms with E-state index in [0.717, 1.165) is 24.3 Å². The molecule has 1 rings (SSSR count). The molecule has 0 aliphatic rings. The first-order valence-electron chi connectivity index (χ1n) is 4.54. The summed E-state index contributed by atoms with van der Waals surface area (Å²) in [5.74, 6) is 0. The minimum atomic E-state index is -1.69. The molecule has 0 spiro atoms. The van der Waals surface area contributed by atoms with Crippen molar-refractivity contribution in [3.05, 3.63) is 64.7 Å². The number of anilines is 1. The summed E-state index contributed by atoms with van der Waals surface area (Å²) in [6, 6.07) is 3.81. The Morgan fingerprint density at radius 3 is 1.70 bits per heavy atom. The predicted molar refractivity (Wildman–Crippen MR) is 58.4 cm³/mol. The SMILES string of the molecule is O=[N+]([O-])c1ccccc1N(N([N+](=O)[O-])[N+](=O)[O-])[N+](=O)[O-]. The largest absolute Gasteiger partial charge is 0.342 e. The third-order valence-electron chi connectivity index (χ3n) is 1.91. The maximum Gasteiger partial charge on any atom is 0.342 e. The molecule has 0 aliphatic heterocycles. The maximum atomic E-state index is 10.8. The van der Waals surface area contributed by atoms with Gasteiger partial charge in [-0.3, -0.25) is 10.1 Å². The molecule has 14 nitrogen and oxygen atoms in total. The second kappa shape index (κ2) is 5.38. The zero-order valence-electron chi connectivity index (χ0n) is 9.26. The maximum absolute atomic E-state index is 10.8. The van der Waals surface area contributed by atoms with Gasteiger partial charge in [0.15, 0.2) is 5.03 Å². The first-order valence-corrected chi connectivity index (χ1v) is 4.54. The first-order chi connectivity index (χ1) is 9.27. The van der Waals surface area contributed by atoms with Crippen LogP contribution in [0.1, 0.15) is 0 Å². The van der Waals surface area contributed by atoms with Crippen molar-refractivity contribution in [2.45, 2.75) is 0 Å². The lowest BCUT2D eigenvalue weighted by molar-refractivity contribution is -0.937. The van der Waals surface area contributed by atoms with E-state index in [0.29, 0.717) is 0 Å². The Morgan fingerprint density at radius 2 is 1.30 bits per heavy atom. The third-order valence-corrected chi connectivity index (χ3v) is 1.91. The summed E-state index contributed by atoms with van der Waals surface area (Å²) in [7, 11) is 0. The summed E-state index contributed by atoms with van der Waals surface area (Å²) < 4.78 is 0. The number of benzene rings is 1. The molecule has 14 heteroatoms. The molecule has 1 aromatic carbocycles. The van der Waals surface area contributed by atoms with Crippen LogP contribution in [0.3, 0.4) is 0 Å². The molecule has 0 heterocycles. The lowest BCUT2D eigenvalue weighted by atomic mass is 10.3. The van der Waals surface area contributed by atoms with Gasteiger partial charge in [-0.1, -0.05) is 12.1 Å². The van der Waals surface area contributed by atoms with Gasteiger partial charge in [0.2, 0.25) is 5.69 Å². The zero-order valence-corrected chi connectivity index (χ0v) is 9.26. The highest BCUT2D eigenvalue weighted by atomic mass is 16.8. The normalized spacial score (nSPS) is 9.60. The van der Waals surface area contributed by atoms with Crippen LogP contribution in [-0.4, -0.2) is 25.2 Å². The predicted octanol–water partition coefficient (Wildman–Crippen LogP) is 0.193. The van der Waals surface area contributed by atoms with Crippen molar-refractivity contribution in [1.82, 2.24) is 5.23 Å². The fourth-order valence-electron chi connectivity index (χ4n) is 1.24. The third kappa shape index (κ3) is 2.63. The second-order valence-corrected chi connectivity index (χ2v) is 3.02. The van der Waals surface area contributed by atoms with E-state index in [4.69, 9.17) is 0 Å². The van der Waals surface area contributed by atoms with Gasteiger partial charge in [-0.15, -0.1) is 0 Å². The zero-order chi connectivity index (χ0) is 15.4. The van der Waals surface area contributed by atoms with Crippen molar-refractivity contribution in [2.75, 3.05) is 5.12 Å². The van der Waals surface area contributed by atoms with E-state index in [1.807, 2.05) is 0 Å². The van der Waals surface area contributed by atoms with Crippen LogP contribution >= 0.6 is 0 Å². The van der Waals surface area contributed by atoms with Gasteiger partial charge in [0.25, 0.3) is 10.1 Å². The summed E-state index contributed by atoms with van der Waals surface area (Å²) in [5.41, 5.74) is -1.84. The van der Waals surface area contributed by atoms with Crippen molar-refractivity contribution < 1.29 is 20.0 Å². The lowest BCUT2D eigenvalue weighted by Gasteiger charge is -2.11. The van der Waals surface area contributed by atoms with Crippen molar-refractivity contribution >= 4 is 11.4 Å². The Bertz CT molecular complexity index is 575. The molecule has 0 saturated carbocycles. The number of nitro groups is 4. The molecule has 0 N–H and O–H groups in total. The molecular formula is C6H4N6O8. The molecule has 0 aliphatic carbocycles. The molecule has 0 atom stereocenters. The van der Waals surface area contributed by atoms with Gasteiger partial charge >= 0.3 is 10.9 Å². The van der Waals surface area contributed by atoms with Gasteiger partial charge < -0.3 is 0 Å². The minimum absolute atomic E-state index is 0.641. The highest BCUT2D eigenvalue weighted by molar-refractivity contribution is 5.60. The molecule has 0 radical (unpaired) electrons. The van der Waals surface area contributed by atoms with E-state index in [9.17, 15) is 40.5 Å². The quantitative estimate of drug-likeness (QED) is 0.517. The molecule has 0 unspecified atom stereocenters. The van der Waals surface area contributed by atoms with Gasteiger partial charge in [0, 0.05) is 6.07 Å². The van der Waals surface area contributed by atoms with E-state index >= 15 is 0 Å². The van der Waals surface area contributed by atoms with Crippen LogP contribution < -0.4 is 5.12 Å². The van der Waals surface area contributed by atoms with Crippen LogP contribution in [0.15, 0.2) is 24.3 Å². The number of hydrogen-bond acceptors (Lipinski definition) is 8. The molecule has 0 aromatic heterocycles. The average molecular weight is 288 g/mol. The van der Waals surface area contributed by atoms with E-state index in [-0.39, 0.29) is 0 Å². The summed E-state index contributed by atoms with van der Waals surface area (Å²) in [4.78, 5) is 41.5. The molecule has 20 heavy (non-hydrogen) atoms. The minimum Gasteiger partial charge on any atom is -0.258 e. The summed E-state index contributed by atoms with van der Waals surface area (Å²) in [5, 5.41) is 35.9. The molecule has 0 fully saturated rings. The topological polar surface area (TPSA) is 179 Å². The lowest BCUT2D eigenvalue weighted by Crippen LogP contribution is -2.53. The van der Waals surface area contributed by atoms with Crippen molar-refractivity contribution in [3.63, 3.8) is 0 Å². The number of nitro benzene ring substituents is 1. The van der Waals surface area contributed by atoms with E-state index < -0.39 is 41.7 Å². The highest BCUT2D eigenvalue weighted by Crippen LogP contribution is 2.28. The smallest absolute Gasteiger partial charge is 0.258 e. The van der Waals surface area contributed by atoms with E-state index in [1.54, 1.807) is 0 Å². The Kier molecular flexibility index (Phi) is 3.89. The molecule has 0 amide bonds. The van der Waals surface area contributed by atoms with Crippen LogP contribution in [0.4, 0.5) is 11.4 Å². The Labute approximate surface area is 107 Å². The second-order valence-electron chi connectivity index (χ2n) is 3.02. The van der Waals surface area contributed by atoms with E-state index in [2.05, 4.69) is 0 Å². The Balaban J connectivity index is 3.49.